The van der Waals surface area contributed by atoms with Crippen molar-refractivity contribution in [2.24, 2.45) is 11.3 Å². The summed E-state index contributed by atoms with van der Waals surface area (Å²) >= 11 is 0. The van der Waals surface area contributed by atoms with E-state index in [1.807, 2.05) is 0 Å². The summed E-state index contributed by atoms with van der Waals surface area (Å²) in [6.45, 7) is 2.35. The molecule has 3 saturated carbocycles. The SMILES string of the molecule is CC1CCC(OC2CC(O)C23CCCC3)CC1. The third-order valence-corrected chi connectivity index (χ3v) is 5.60. The molecule has 98 valence electrons. The first-order valence-corrected chi connectivity index (χ1v) is 7.54. The molecule has 1 N–H and O–H groups in total. The number of aliphatic hydroxyl groups is 1. The van der Waals surface area contributed by atoms with Gasteiger partial charge in [0.05, 0.1) is 18.3 Å². The molecular formula is C15H26O2. The zero-order chi connectivity index (χ0) is 11.9. The van der Waals surface area contributed by atoms with Gasteiger partial charge in [0, 0.05) is 11.8 Å². The molecule has 0 bridgehead atoms. The molecule has 2 atom stereocenters. The Kier molecular flexibility index (Phi) is 3.20. The van der Waals surface area contributed by atoms with E-state index in [4.69, 9.17) is 4.74 Å². The maximum Gasteiger partial charge on any atom is 0.0684 e. The van der Waals surface area contributed by atoms with Gasteiger partial charge in [-0.05, 0) is 44.4 Å². The Morgan fingerprint density at radius 2 is 1.71 bits per heavy atom. The van der Waals surface area contributed by atoms with Crippen LogP contribution in [0.3, 0.4) is 0 Å². The Bertz CT molecular complexity index is 262. The lowest BCUT2D eigenvalue weighted by atomic mass is 9.62. The summed E-state index contributed by atoms with van der Waals surface area (Å²) in [6, 6.07) is 0. The lowest BCUT2D eigenvalue weighted by Gasteiger charge is -2.52. The molecule has 0 amide bonds. The second-order valence-corrected chi connectivity index (χ2v) is 6.70. The summed E-state index contributed by atoms with van der Waals surface area (Å²) in [5.41, 5.74) is 0.170. The van der Waals surface area contributed by atoms with Crippen molar-refractivity contribution in [3.8, 4) is 0 Å². The van der Waals surface area contributed by atoms with E-state index in [9.17, 15) is 5.11 Å². The smallest absolute Gasteiger partial charge is 0.0684 e. The molecule has 2 unspecified atom stereocenters. The molecule has 3 rings (SSSR count). The molecule has 0 aliphatic heterocycles. The van der Waals surface area contributed by atoms with Gasteiger partial charge < -0.3 is 9.84 Å². The van der Waals surface area contributed by atoms with Crippen LogP contribution in [0.4, 0.5) is 0 Å². The largest absolute Gasteiger partial charge is 0.392 e. The summed E-state index contributed by atoms with van der Waals surface area (Å²) in [4.78, 5) is 0. The maximum atomic E-state index is 10.1. The fraction of sp³-hybridized carbons (Fsp3) is 1.00. The topological polar surface area (TPSA) is 29.5 Å². The average molecular weight is 238 g/mol. The van der Waals surface area contributed by atoms with Gasteiger partial charge in [-0.1, -0.05) is 19.8 Å². The summed E-state index contributed by atoms with van der Waals surface area (Å²) in [5.74, 6) is 0.891. The van der Waals surface area contributed by atoms with Crippen molar-refractivity contribution in [3.63, 3.8) is 0 Å². The predicted molar refractivity (Wildman–Crippen MR) is 67.8 cm³/mol. The van der Waals surface area contributed by atoms with Gasteiger partial charge in [-0.2, -0.15) is 0 Å². The molecular weight excluding hydrogens is 212 g/mol. The second-order valence-electron chi connectivity index (χ2n) is 6.70. The maximum absolute atomic E-state index is 10.1. The van der Waals surface area contributed by atoms with Crippen molar-refractivity contribution in [1.29, 1.82) is 0 Å². The van der Waals surface area contributed by atoms with Crippen LogP contribution >= 0.6 is 0 Å². The van der Waals surface area contributed by atoms with Crippen LogP contribution < -0.4 is 0 Å². The minimum Gasteiger partial charge on any atom is -0.392 e. The molecule has 0 saturated heterocycles. The van der Waals surface area contributed by atoms with E-state index in [1.165, 1.54) is 51.4 Å². The third kappa shape index (κ3) is 2.04. The van der Waals surface area contributed by atoms with Crippen LogP contribution in [0.2, 0.25) is 0 Å². The lowest BCUT2D eigenvalue weighted by Crippen LogP contribution is -2.57. The molecule has 3 fully saturated rings. The Labute approximate surface area is 105 Å². The van der Waals surface area contributed by atoms with Crippen LogP contribution in [0.15, 0.2) is 0 Å². The zero-order valence-electron chi connectivity index (χ0n) is 11.0. The molecule has 1 spiro atoms. The van der Waals surface area contributed by atoms with Crippen molar-refractivity contribution in [3.05, 3.63) is 0 Å². The van der Waals surface area contributed by atoms with Gasteiger partial charge in [0.1, 0.15) is 0 Å². The van der Waals surface area contributed by atoms with E-state index in [0.29, 0.717) is 12.2 Å². The fourth-order valence-corrected chi connectivity index (χ4v) is 4.20. The van der Waals surface area contributed by atoms with E-state index in [1.54, 1.807) is 0 Å². The van der Waals surface area contributed by atoms with Crippen LogP contribution in [0.1, 0.15) is 64.7 Å². The molecule has 0 heterocycles. The minimum absolute atomic E-state index is 0.0717. The van der Waals surface area contributed by atoms with E-state index in [0.717, 1.165) is 12.3 Å². The molecule has 2 heteroatoms. The number of aliphatic hydroxyl groups excluding tert-OH is 1. The predicted octanol–water partition coefficient (Wildman–Crippen LogP) is 3.28. The molecule has 0 aromatic heterocycles. The molecule has 3 aliphatic carbocycles. The van der Waals surface area contributed by atoms with Gasteiger partial charge in [-0.15, -0.1) is 0 Å². The minimum atomic E-state index is -0.0717. The number of rotatable bonds is 2. The van der Waals surface area contributed by atoms with Gasteiger partial charge in [-0.3, -0.25) is 0 Å². The Balaban J connectivity index is 1.55. The van der Waals surface area contributed by atoms with E-state index in [2.05, 4.69) is 6.92 Å². The normalized spacial score (nSPS) is 44.8. The van der Waals surface area contributed by atoms with Crippen molar-refractivity contribution >= 4 is 0 Å². The van der Waals surface area contributed by atoms with E-state index in [-0.39, 0.29) is 11.5 Å². The fourth-order valence-electron chi connectivity index (χ4n) is 4.20. The Hall–Kier alpha value is -0.0800. The summed E-state index contributed by atoms with van der Waals surface area (Å²) in [5, 5.41) is 10.1. The lowest BCUT2D eigenvalue weighted by molar-refractivity contribution is -0.212. The van der Waals surface area contributed by atoms with Crippen molar-refractivity contribution in [2.75, 3.05) is 0 Å². The molecule has 17 heavy (non-hydrogen) atoms. The van der Waals surface area contributed by atoms with Gasteiger partial charge in [0.15, 0.2) is 0 Å². The summed E-state index contributed by atoms with van der Waals surface area (Å²) in [6.07, 6.45) is 11.8. The van der Waals surface area contributed by atoms with Crippen LogP contribution in [0, 0.1) is 11.3 Å². The van der Waals surface area contributed by atoms with Crippen LogP contribution in [0.25, 0.3) is 0 Å². The standard InChI is InChI=1S/C15H26O2/c1-11-4-6-12(7-5-11)17-14-10-13(16)15(14)8-2-3-9-15/h11-14,16H,2-10H2,1H3. The first-order chi connectivity index (χ1) is 8.21. The van der Waals surface area contributed by atoms with Crippen LogP contribution in [-0.4, -0.2) is 23.4 Å². The summed E-state index contributed by atoms with van der Waals surface area (Å²) in [7, 11) is 0. The van der Waals surface area contributed by atoms with Gasteiger partial charge in [0.2, 0.25) is 0 Å². The average Bonchev–Trinajstić information content (AvgIpc) is 2.83. The number of ether oxygens (including phenoxy) is 1. The highest BCUT2D eigenvalue weighted by Crippen LogP contribution is 2.55. The van der Waals surface area contributed by atoms with E-state index < -0.39 is 0 Å². The molecule has 2 nitrogen and oxygen atoms in total. The first-order valence-electron chi connectivity index (χ1n) is 7.54. The van der Waals surface area contributed by atoms with Gasteiger partial charge in [0.25, 0.3) is 0 Å². The quantitative estimate of drug-likeness (QED) is 0.800. The van der Waals surface area contributed by atoms with Crippen LogP contribution in [-0.2, 0) is 4.74 Å². The monoisotopic (exact) mass is 238 g/mol. The van der Waals surface area contributed by atoms with E-state index >= 15 is 0 Å². The summed E-state index contributed by atoms with van der Waals surface area (Å²) < 4.78 is 6.32. The van der Waals surface area contributed by atoms with Gasteiger partial charge >= 0.3 is 0 Å². The highest BCUT2D eigenvalue weighted by Gasteiger charge is 2.56. The first kappa shape index (κ1) is 12.0. The Morgan fingerprint density at radius 1 is 1.06 bits per heavy atom. The Morgan fingerprint density at radius 3 is 2.29 bits per heavy atom. The molecule has 3 aliphatic rings. The third-order valence-electron chi connectivity index (χ3n) is 5.60. The number of hydrogen-bond donors (Lipinski definition) is 1. The van der Waals surface area contributed by atoms with Crippen molar-refractivity contribution in [2.45, 2.75) is 83.0 Å². The second kappa shape index (κ2) is 4.55. The highest BCUT2D eigenvalue weighted by atomic mass is 16.5. The zero-order valence-corrected chi connectivity index (χ0v) is 11.0. The van der Waals surface area contributed by atoms with Crippen molar-refractivity contribution in [1.82, 2.24) is 0 Å². The molecule has 0 radical (unpaired) electrons. The molecule has 0 aromatic carbocycles. The highest BCUT2D eigenvalue weighted by molar-refractivity contribution is 5.06. The van der Waals surface area contributed by atoms with Crippen LogP contribution in [0.5, 0.6) is 0 Å². The van der Waals surface area contributed by atoms with Gasteiger partial charge in [-0.25, -0.2) is 0 Å². The van der Waals surface area contributed by atoms with Crippen molar-refractivity contribution < 1.29 is 9.84 Å². The molecule has 0 aromatic rings. The number of hydrogen-bond acceptors (Lipinski definition) is 2.